The average Bonchev–Trinajstić information content (AvgIpc) is 2.39. The first kappa shape index (κ1) is 15.0. The lowest BCUT2D eigenvalue weighted by atomic mass is 10.0. The van der Waals surface area contributed by atoms with Crippen LogP contribution in [0.1, 0.15) is 45.2 Å². The molecule has 0 heterocycles. The molecule has 2 nitrogen and oxygen atoms in total. The van der Waals surface area contributed by atoms with Crippen molar-refractivity contribution in [3.63, 3.8) is 0 Å². The first-order chi connectivity index (χ1) is 8.62. The summed E-state index contributed by atoms with van der Waals surface area (Å²) in [7, 11) is 1.54. The predicted octanol–water partition coefficient (Wildman–Crippen LogP) is 3.92. The van der Waals surface area contributed by atoms with E-state index >= 15 is 0 Å². The molecule has 0 aliphatic rings. The van der Waals surface area contributed by atoms with Crippen LogP contribution in [0.25, 0.3) is 0 Å². The molecule has 0 bridgehead atoms. The number of halogens is 1. The first-order valence-electron chi connectivity index (χ1n) is 6.69. The van der Waals surface area contributed by atoms with Crippen molar-refractivity contribution in [1.82, 2.24) is 5.32 Å². The fourth-order valence-electron chi connectivity index (χ4n) is 2.02. The summed E-state index contributed by atoms with van der Waals surface area (Å²) in [6.07, 6.45) is 2.31. The molecule has 1 aromatic rings. The lowest BCUT2D eigenvalue weighted by Gasteiger charge is -2.19. The number of nitrogens with one attached hydrogen (secondary N) is 1. The average molecular weight is 253 g/mol. The van der Waals surface area contributed by atoms with Crippen molar-refractivity contribution in [2.24, 2.45) is 5.92 Å². The Bertz CT molecular complexity index is 364. The van der Waals surface area contributed by atoms with E-state index in [1.165, 1.54) is 6.07 Å². The van der Waals surface area contributed by atoms with E-state index in [0.717, 1.165) is 19.4 Å². The van der Waals surface area contributed by atoms with Crippen LogP contribution in [0.5, 0.6) is 5.75 Å². The molecule has 1 N–H and O–H groups in total. The van der Waals surface area contributed by atoms with Gasteiger partial charge < -0.3 is 10.1 Å². The van der Waals surface area contributed by atoms with E-state index in [1.54, 1.807) is 19.2 Å². The van der Waals surface area contributed by atoms with Crippen LogP contribution < -0.4 is 10.1 Å². The molecule has 102 valence electrons. The topological polar surface area (TPSA) is 21.3 Å². The Hall–Kier alpha value is -1.09. The summed E-state index contributed by atoms with van der Waals surface area (Å²) < 4.78 is 18.9. The van der Waals surface area contributed by atoms with Crippen molar-refractivity contribution in [1.29, 1.82) is 0 Å². The van der Waals surface area contributed by atoms with Gasteiger partial charge in [-0.1, -0.05) is 32.8 Å². The highest BCUT2D eigenvalue weighted by Crippen LogP contribution is 2.22. The summed E-state index contributed by atoms with van der Waals surface area (Å²) in [5.41, 5.74) is 0.696. The number of hydrogen-bond acceptors (Lipinski definition) is 2. The van der Waals surface area contributed by atoms with Gasteiger partial charge >= 0.3 is 0 Å². The number of benzene rings is 1. The summed E-state index contributed by atoms with van der Waals surface area (Å²) in [4.78, 5) is 0. The van der Waals surface area contributed by atoms with Crippen LogP contribution in [0, 0.1) is 11.7 Å². The Balaban J connectivity index is 2.63. The molecular weight excluding hydrogens is 229 g/mol. The van der Waals surface area contributed by atoms with Gasteiger partial charge in [-0.2, -0.15) is 0 Å². The van der Waals surface area contributed by atoms with E-state index in [-0.39, 0.29) is 11.9 Å². The van der Waals surface area contributed by atoms with Crippen molar-refractivity contribution in [3.8, 4) is 5.75 Å². The van der Waals surface area contributed by atoms with Gasteiger partial charge in [-0.25, -0.2) is 4.39 Å². The van der Waals surface area contributed by atoms with Gasteiger partial charge in [0.2, 0.25) is 0 Å². The van der Waals surface area contributed by atoms with E-state index < -0.39 is 0 Å². The van der Waals surface area contributed by atoms with Gasteiger partial charge in [0.05, 0.1) is 7.11 Å². The van der Waals surface area contributed by atoms with Crippen LogP contribution in [-0.4, -0.2) is 13.7 Å². The molecule has 0 spiro atoms. The third kappa shape index (κ3) is 3.98. The van der Waals surface area contributed by atoms with Gasteiger partial charge in [0, 0.05) is 17.7 Å². The van der Waals surface area contributed by atoms with Crippen molar-refractivity contribution < 1.29 is 9.13 Å². The smallest absolute Gasteiger partial charge is 0.131 e. The maximum absolute atomic E-state index is 13.9. The maximum Gasteiger partial charge on any atom is 0.131 e. The third-order valence-corrected chi connectivity index (χ3v) is 3.54. The largest absolute Gasteiger partial charge is 0.497 e. The van der Waals surface area contributed by atoms with Crippen molar-refractivity contribution >= 4 is 0 Å². The van der Waals surface area contributed by atoms with E-state index in [1.807, 2.05) is 6.92 Å². The molecule has 18 heavy (non-hydrogen) atoms. The Morgan fingerprint density at radius 2 is 1.94 bits per heavy atom. The highest BCUT2D eigenvalue weighted by Gasteiger charge is 2.12. The number of ether oxygens (including phenoxy) is 1. The fraction of sp³-hybridized carbons (Fsp3) is 0.600. The van der Waals surface area contributed by atoms with E-state index in [9.17, 15) is 4.39 Å². The second kappa shape index (κ2) is 7.37. The summed E-state index contributed by atoms with van der Waals surface area (Å²) in [5.74, 6) is 1.01. The Morgan fingerprint density at radius 3 is 2.44 bits per heavy atom. The SMILES string of the molecule is CCC(CC)CNC(C)c1ccc(OC)cc1F. The minimum atomic E-state index is -0.209. The zero-order valence-electron chi connectivity index (χ0n) is 11.8. The number of rotatable bonds is 7. The molecule has 0 aliphatic carbocycles. The normalized spacial score (nSPS) is 12.8. The summed E-state index contributed by atoms with van der Waals surface area (Å²) in [6, 6.07) is 5.05. The molecule has 1 rings (SSSR count). The summed E-state index contributed by atoms with van der Waals surface area (Å²) in [5, 5.41) is 3.40. The van der Waals surface area contributed by atoms with Crippen molar-refractivity contribution in [2.75, 3.05) is 13.7 Å². The molecule has 0 aromatic heterocycles. The van der Waals surface area contributed by atoms with E-state index in [0.29, 0.717) is 17.2 Å². The van der Waals surface area contributed by atoms with Crippen molar-refractivity contribution in [2.45, 2.75) is 39.7 Å². The van der Waals surface area contributed by atoms with Gasteiger partial charge in [-0.3, -0.25) is 0 Å². The van der Waals surface area contributed by atoms with Crippen LogP contribution in [0.4, 0.5) is 4.39 Å². The lowest BCUT2D eigenvalue weighted by Crippen LogP contribution is -2.25. The minimum Gasteiger partial charge on any atom is -0.497 e. The minimum absolute atomic E-state index is 0.0245. The molecule has 1 unspecified atom stereocenters. The standard InChI is InChI=1S/C15H24FNO/c1-5-12(6-2)10-17-11(3)14-8-7-13(18-4)9-15(14)16/h7-9,11-12,17H,5-6,10H2,1-4H3. The number of methoxy groups -OCH3 is 1. The fourth-order valence-corrected chi connectivity index (χ4v) is 2.02. The molecule has 0 aliphatic heterocycles. The van der Waals surface area contributed by atoms with Gasteiger partial charge in [0.25, 0.3) is 0 Å². The van der Waals surface area contributed by atoms with E-state index in [2.05, 4.69) is 19.2 Å². The van der Waals surface area contributed by atoms with Crippen LogP contribution in [0.2, 0.25) is 0 Å². The Kier molecular flexibility index (Phi) is 6.13. The molecule has 3 heteroatoms. The molecule has 0 saturated heterocycles. The highest BCUT2D eigenvalue weighted by molar-refractivity contribution is 5.30. The monoisotopic (exact) mass is 253 g/mol. The van der Waals surface area contributed by atoms with Crippen LogP contribution in [0.3, 0.4) is 0 Å². The van der Waals surface area contributed by atoms with Crippen LogP contribution in [-0.2, 0) is 0 Å². The second-order valence-corrected chi connectivity index (χ2v) is 4.70. The first-order valence-corrected chi connectivity index (χ1v) is 6.69. The summed E-state index contributed by atoms with van der Waals surface area (Å²) >= 11 is 0. The molecule has 0 radical (unpaired) electrons. The molecule has 0 fully saturated rings. The van der Waals surface area contributed by atoms with Crippen LogP contribution in [0.15, 0.2) is 18.2 Å². The highest BCUT2D eigenvalue weighted by atomic mass is 19.1. The van der Waals surface area contributed by atoms with Crippen molar-refractivity contribution in [3.05, 3.63) is 29.6 Å². The van der Waals surface area contributed by atoms with Gasteiger partial charge in [-0.15, -0.1) is 0 Å². The third-order valence-electron chi connectivity index (χ3n) is 3.54. The maximum atomic E-state index is 13.9. The molecular formula is C15H24FNO. The Labute approximate surface area is 110 Å². The Morgan fingerprint density at radius 1 is 1.28 bits per heavy atom. The quantitative estimate of drug-likeness (QED) is 0.795. The zero-order valence-corrected chi connectivity index (χ0v) is 11.8. The molecule has 0 amide bonds. The lowest BCUT2D eigenvalue weighted by molar-refractivity contribution is 0.404. The van der Waals surface area contributed by atoms with E-state index in [4.69, 9.17) is 4.74 Å². The second-order valence-electron chi connectivity index (χ2n) is 4.70. The predicted molar refractivity (Wildman–Crippen MR) is 73.4 cm³/mol. The van der Waals surface area contributed by atoms with Crippen LogP contribution >= 0.6 is 0 Å². The molecule has 0 saturated carbocycles. The number of hydrogen-bond donors (Lipinski definition) is 1. The van der Waals surface area contributed by atoms with Gasteiger partial charge in [0.15, 0.2) is 0 Å². The molecule has 1 atom stereocenters. The van der Waals surface area contributed by atoms with Gasteiger partial charge in [0.1, 0.15) is 11.6 Å². The zero-order chi connectivity index (χ0) is 13.5. The summed E-state index contributed by atoms with van der Waals surface area (Å²) in [6.45, 7) is 7.30. The van der Waals surface area contributed by atoms with Gasteiger partial charge in [-0.05, 0) is 25.5 Å². The molecule has 1 aromatic carbocycles.